The minimum absolute atomic E-state index is 0.122. The molecule has 1 aromatic heterocycles. The van der Waals surface area contributed by atoms with Crippen molar-refractivity contribution in [3.63, 3.8) is 0 Å². The van der Waals surface area contributed by atoms with E-state index in [0.29, 0.717) is 10.9 Å². The van der Waals surface area contributed by atoms with E-state index in [4.69, 9.17) is 5.73 Å². The first-order valence-electron chi connectivity index (χ1n) is 3.98. The summed E-state index contributed by atoms with van der Waals surface area (Å²) in [5.41, 5.74) is 5.85. The molecule has 2 aromatic rings. The highest BCUT2D eigenvalue weighted by Gasteiger charge is 2.16. The topological polar surface area (TPSA) is 82.0 Å². The summed E-state index contributed by atoms with van der Waals surface area (Å²) >= 11 is 0. The van der Waals surface area contributed by atoms with Gasteiger partial charge in [0.1, 0.15) is 11.2 Å². The van der Waals surface area contributed by atoms with E-state index in [1.807, 2.05) is 0 Å². The lowest BCUT2D eigenvalue weighted by molar-refractivity contribution is -0.382. The highest BCUT2D eigenvalue weighted by atomic mass is 16.6. The van der Waals surface area contributed by atoms with Crippen LogP contribution >= 0.6 is 0 Å². The molecule has 1 aromatic carbocycles. The van der Waals surface area contributed by atoms with Gasteiger partial charge in [-0.1, -0.05) is 12.1 Å². The Balaban J connectivity index is 2.90. The second-order valence-electron chi connectivity index (χ2n) is 2.84. The van der Waals surface area contributed by atoms with E-state index in [2.05, 4.69) is 4.98 Å². The van der Waals surface area contributed by atoms with Crippen LogP contribution in [0.1, 0.15) is 0 Å². The molecule has 5 heteroatoms. The average molecular weight is 189 g/mol. The molecule has 0 aliphatic heterocycles. The quantitative estimate of drug-likeness (QED) is 0.420. The Kier molecular flexibility index (Phi) is 1.78. The number of nitrogens with zero attached hydrogens (tertiary/aromatic N) is 2. The average Bonchev–Trinajstić information content (AvgIpc) is 2.17. The van der Waals surface area contributed by atoms with Crippen molar-refractivity contribution in [3.05, 3.63) is 40.6 Å². The molecule has 0 aliphatic rings. The third kappa shape index (κ3) is 1.15. The maximum absolute atomic E-state index is 10.7. The van der Waals surface area contributed by atoms with Crippen molar-refractivity contribution in [3.8, 4) is 0 Å². The Morgan fingerprint density at radius 3 is 2.86 bits per heavy atom. The lowest BCUT2D eigenvalue weighted by Gasteiger charge is -2.00. The first-order chi connectivity index (χ1) is 6.70. The maximum atomic E-state index is 10.7. The van der Waals surface area contributed by atoms with Gasteiger partial charge in [-0.05, 0) is 12.1 Å². The van der Waals surface area contributed by atoms with Crippen molar-refractivity contribution in [2.45, 2.75) is 0 Å². The molecule has 0 radical (unpaired) electrons. The summed E-state index contributed by atoms with van der Waals surface area (Å²) in [7, 11) is 0. The van der Waals surface area contributed by atoms with E-state index < -0.39 is 4.92 Å². The number of pyridine rings is 1. The molecule has 0 saturated carbocycles. The molecule has 2 rings (SSSR count). The van der Waals surface area contributed by atoms with E-state index in [9.17, 15) is 10.1 Å². The van der Waals surface area contributed by atoms with Gasteiger partial charge in [0.15, 0.2) is 0 Å². The van der Waals surface area contributed by atoms with Gasteiger partial charge in [0.2, 0.25) is 0 Å². The Morgan fingerprint density at radius 1 is 1.36 bits per heavy atom. The summed E-state index contributed by atoms with van der Waals surface area (Å²) in [6, 6.07) is 6.71. The molecule has 0 saturated heterocycles. The molecule has 0 unspecified atom stereocenters. The predicted octanol–water partition coefficient (Wildman–Crippen LogP) is 1.73. The molecule has 0 amide bonds. The van der Waals surface area contributed by atoms with Crippen LogP contribution in [0.2, 0.25) is 0 Å². The van der Waals surface area contributed by atoms with Crippen molar-refractivity contribution in [1.82, 2.24) is 4.98 Å². The second kappa shape index (κ2) is 2.95. The summed E-state index contributed by atoms with van der Waals surface area (Å²) in [5, 5.41) is 11.4. The summed E-state index contributed by atoms with van der Waals surface area (Å²) < 4.78 is 0. The van der Waals surface area contributed by atoms with Crippen molar-refractivity contribution >= 4 is 22.3 Å². The van der Waals surface area contributed by atoms with Crippen LogP contribution in [0.3, 0.4) is 0 Å². The number of benzene rings is 1. The van der Waals surface area contributed by atoms with Crippen LogP contribution in [0.5, 0.6) is 0 Å². The lowest BCUT2D eigenvalue weighted by Crippen LogP contribution is -1.97. The Bertz CT molecular complexity index is 510. The van der Waals surface area contributed by atoms with E-state index in [1.165, 1.54) is 12.3 Å². The normalized spacial score (nSPS) is 10.3. The number of hydrogen-bond donors (Lipinski definition) is 1. The number of nitro groups is 1. The Labute approximate surface area is 79.3 Å². The van der Waals surface area contributed by atoms with Crippen LogP contribution in [0.25, 0.3) is 10.9 Å². The fourth-order valence-electron chi connectivity index (χ4n) is 1.34. The highest BCUT2D eigenvalue weighted by molar-refractivity contribution is 5.92. The van der Waals surface area contributed by atoms with Crippen LogP contribution in [-0.2, 0) is 0 Å². The number of nitrogen functional groups attached to an aromatic ring is 1. The third-order valence-corrected chi connectivity index (χ3v) is 1.96. The number of fused-ring (bicyclic) bond motifs is 1. The molecule has 14 heavy (non-hydrogen) atoms. The zero-order chi connectivity index (χ0) is 10.1. The molecular weight excluding hydrogens is 182 g/mol. The van der Waals surface area contributed by atoms with Crippen LogP contribution in [0.4, 0.5) is 11.4 Å². The van der Waals surface area contributed by atoms with E-state index in [-0.39, 0.29) is 11.4 Å². The summed E-state index contributed by atoms with van der Waals surface area (Å²) in [4.78, 5) is 14.2. The maximum Gasteiger partial charge on any atom is 0.318 e. The zero-order valence-electron chi connectivity index (χ0n) is 7.18. The summed E-state index contributed by atoms with van der Waals surface area (Å²) in [6.45, 7) is 0. The lowest BCUT2D eigenvalue weighted by atomic mass is 10.1. The fourth-order valence-corrected chi connectivity index (χ4v) is 1.34. The smallest absolute Gasteiger partial charge is 0.318 e. The number of rotatable bonds is 1. The van der Waals surface area contributed by atoms with Crippen molar-refractivity contribution < 1.29 is 4.92 Å². The Morgan fingerprint density at radius 2 is 2.14 bits per heavy atom. The molecule has 0 fully saturated rings. The highest BCUT2D eigenvalue weighted by Crippen LogP contribution is 2.29. The number of aromatic nitrogens is 1. The molecule has 0 atom stereocenters. The molecule has 5 nitrogen and oxygen atoms in total. The SMILES string of the molecule is Nc1ccc2cccnc2c1[N+](=O)[O-]. The fraction of sp³-hybridized carbons (Fsp3) is 0. The summed E-state index contributed by atoms with van der Waals surface area (Å²) in [6.07, 6.45) is 1.51. The van der Waals surface area contributed by atoms with Gasteiger partial charge in [0.25, 0.3) is 0 Å². The van der Waals surface area contributed by atoms with Gasteiger partial charge >= 0.3 is 5.69 Å². The van der Waals surface area contributed by atoms with Crippen molar-refractivity contribution in [1.29, 1.82) is 0 Å². The van der Waals surface area contributed by atoms with Crippen LogP contribution in [0.15, 0.2) is 30.5 Å². The molecule has 0 spiro atoms. The molecule has 70 valence electrons. The van der Waals surface area contributed by atoms with Gasteiger partial charge in [-0.3, -0.25) is 10.1 Å². The minimum atomic E-state index is -0.509. The monoisotopic (exact) mass is 189 g/mol. The van der Waals surface area contributed by atoms with Gasteiger partial charge in [-0.2, -0.15) is 0 Å². The van der Waals surface area contributed by atoms with Crippen molar-refractivity contribution in [2.75, 3.05) is 5.73 Å². The molecular formula is C9H7N3O2. The Hall–Kier alpha value is -2.17. The molecule has 2 N–H and O–H groups in total. The van der Waals surface area contributed by atoms with Gasteiger partial charge in [-0.25, -0.2) is 4.98 Å². The standard InChI is InChI=1S/C9H7N3O2/c10-7-4-3-6-2-1-5-11-8(6)9(7)12(13)14/h1-5H,10H2. The number of nitrogens with two attached hydrogens (primary N) is 1. The van der Waals surface area contributed by atoms with Gasteiger partial charge < -0.3 is 5.73 Å². The third-order valence-electron chi connectivity index (χ3n) is 1.96. The van der Waals surface area contributed by atoms with Gasteiger partial charge in [0.05, 0.1) is 4.92 Å². The van der Waals surface area contributed by atoms with Gasteiger partial charge in [-0.15, -0.1) is 0 Å². The molecule has 0 aliphatic carbocycles. The zero-order valence-corrected chi connectivity index (χ0v) is 7.18. The largest absolute Gasteiger partial charge is 0.393 e. The second-order valence-corrected chi connectivity index (χ2v) is 2.84. The van der Waals surface area contributed by atoms with E-state index in [0.717, 1.165) is 0 Å². The predicted molar refractivity (Wildman–Crippen MR) is 52.8 cm³/mol. The molecule has 1 heterocycles. The van der Waals surface area contributed by atoms with Gasteiger partial charge in [0, 0.05) is 11.6 Å². The van der Waals surface area contributed by atoms with Crippen LogP contribution in [0, 0.1) is 10.1 Å². The number of nitro benzene ring substituents is 1. The molecule has 0 bridgehead atoms. The van der Waals surface area contributed by atoms with Crippen LogP contribution in [-0.4, -0.2) is 9.91 Å². The minimum Gasteiger partial charge on any atom is -0.393 e. The number of hydrogen-bond acceptors (Lipinski definition) is 4. The first-order valence-corrected chi connectivity index (χ1v) is 3.98. The van der Waals surface area contributed by atoms with E-state index >= 15 is 0 Å². The van der Waals surface area contributed by atoms with Crippen LogP contribution < -0.4 is 5.73 Å². The van der Waals surface area contributed by atoms with Crippen molar-refractivity contribution in [2.24, 2.45) is 0 Å². The van der Waals surface area contributed by atoms with E-state index in [1.54, 1.807) is 18.2 Å². The first kappa shape index (κ1) is 8.43. The summed E-state index contributed by atoms with van der Waals surface area (Å²) in [5.74, 6) is 0. The number of anilines is 1.